The molecule has 3 aromatic rings. The lowest BCUT2D eigenvalue weighted by atomic mass is 10.1. The Morgan fingerprint density at radius 3 is 2.60 bits per heavy atom. The van der Waals surface area contributed by atoms with Crippen molar-refractivity contribution < 1.29 is 23.5 Å². The maximum atomic E-state index is 13.2. The molecular weight excluding hydrogens is 391 g/mol. The molecule has 0 saturated carbocycles. The lowest BCUT2D eigenvalue weighted by Gasteiger charge is -2.24. The Labute approximate surface area is 171 Å². The Morgan fingerprint density at radius 1 is 1.17 bits per heavy atom. The lowest BCUT2D eigenvalue weighted by Crippen LogP contribution is -2.35. The van der Waals surface area contributed by atoms with E-state index in [-0.39, 0.29) is 18.1 Å². The quantitative estimate of drug-likeness (QED) is 0.674. The number of nitrogens with one attached hydrogen (secondary N) is 2. The Hall–Kier alpha value is -3.88. The van der Waals surface area contributed by atoms with Crippen LogP contribution in [0.15, 0.2) is 48.7 Å². The number of fused-ring (bicyclic) bond motifs is 1. The summed E-state index contributed by atoms with van der Waals surface area (Å²) in [4.78, 5) is 25.2. The molecule has 8 nitrogen and oxygen atoms in total. The molecule has 154 valence electrons. The summed E-state index contributed by atoms with van der Waals surface area (Å²) in [6.45, 7) is 0. The van der Waals surface area contributed by atoms with Gasteiger partial charge in [0.15, 0.2) is 11.5 Å². The van der Waals surface area contributed by atoms with Crippen molar-refractivity contribution >= 4 is 23.3 Å². The van der Waals surface area contributed by atoms with Crippen LogP contribution in [0, 0.1) is 5.82 Å². The summed E-state index contributed by atoms with van der Waals surface area (Å²) >= 11 is 0. The summed E-state index contributed by atoms with van der Waals surface area (Å²) in [7, 11) is 3.02. The molecule has 2 aromatic carbocycles. The summed E-state index contributed by atoms with van der Waals surface area (Å²) in [6, 6.07) is 9.98. The molecule has 9 heteroatoms. The van der Waals surface area contributed by atoms with Crippen LogP contribution < -0.4 is 20.1 Å². The number of ether oxygens (including phenoxy) is 2. The molecule has 0 aliphatic carbocycles. The third-order valence-electron chi connectivity index (χ3n) is 4.84. The van der Waals surface area contributed by atoms with Crippen molar-refractivity contribution in [1.82, 2.24) is 9.78 Å². The van der Waals surface area contributed by atoms with E-state index < -0.39 is 11.9 Å². The molecule has 1 aromatic heterocycles. The van der Waals surface area contributed by atoms with Gasteiger partial charge >= 0.3 is 0 Å². The number of amides is 2. The highest BCUT2D eigenvalue weighted by molar-refractivity contribution is 6.03. The van der Waals surface area contributed by atoms with Gasteiger partial charge in [0.25, 0.3) is 0 Å². The van der Waals surface area contributed by atoms with Gasteiger partial charge in [-0.3, -0.25) is 9.59 Å². The average molecular weight is 410 g/mol. The SMILES string of the molecule is COc1ccc(NC(=O)[C@H]2CC(=O)Nc3c(-c4ccc(F)cc4)cnn32)cc1OC. The van der Waals surface area contributed by atoms with Crippen molar-refractivity contribution in [2.45, 2.75) is 12.5 Å². The zero-order chi connectivity index (χ0) is 21.3. The number of anilines is 2. The molecule has 1 aliphatic rings. The van der Waals surface area contributed by atoms with E-state index in [1.54, 1.807) is 36.5 Å². The molecule has 1 atom stereocenters. The van der Waals surface area contributed by atoms with Crippen LogP contribution in [0.25, 0.3) is 11.1 Å². The number of carbonyl (C=O) groups is 2. The molecular formula is C21H19FN4O4. The summed E-state index contributed by atoms with van der Waals surface area (Å²) < 4.78 is 25.2. The Bertz CT molecular complexity index is 1110. The number of nitrogens with zero attached hydrogens (tertiary/aromatic N) is 2. The minimum absolute atomic E-state index is 0.0589. The molecule has 0 spiro atoms. The van der Waals surface area contributed by atoms with Gasteiger partial charge in [0.2, 0.25) is 11.8 Å². The molecule has 0 bridgehead atoms. The summed E-state index contributed by atoms with van der Waals surface area (Å²) in [5.74, 6) is 0.327. The second-order valence-electron chi connectivity index (χ2n) is 6.69. The predicted molar refractivity (Wildman–Crippen MR) is 108 cm³/mol. The molecule has 2 amide bonds. The number of halogens is 1. The van der Waals surface area contributed by atoms with E-state index in [9.17, 15) is 14.0 Å². The van der Waals surface area contributed by atoms with Gasteiger partial charge in [-0.2, -0.15) is 5.10 Å². The highest BCUT2D eigenvalue weighted by Crippen LogP contribution is 2.35. The van der Waals surface area contributed by atoms with E-state index in [4.69, 9.17) is 9.47 Å². The van der Waals surface area contributed by atoms with Gasteiger partial charge in [0, 0.05) is 17.3 Å². The third-order valence-corrected chi connectivity index (χ3v) is 4.84. The smallest absolute Gasteiger partial charge is 0.249 e. The van der Waals surface area contributed by atoms with Gasteiger partial charge in [-0.1, -0.05) is 12.1 Å². The third kappa shape index (κ3) is 3.57. The summed E-state index contributed by atoms with van der Waals surface area (Å²) in [5, 5.41) is 9.84. The normalized spacial score (nSPS) is 15.2. The van der Waals surface area contributed by atoms with Crippen LogP contribution in [0.3, 0.4) is 0 Å². The van der Waals surface area contributed by atoms with E-state index in [1.807, 2.05) is 0 Å². The van der Waals surface area contributed by atoms with Crippen molar-refractivity contribution in [3.8, 4) is 22.6 Å². The van der Waals surface area contributed by atoms with Crippen molar-refractivity contribution in [3.63, 3.8) is 0 Å². The molecule has 0 unspecified atom stereocenters. The molecule has 4 rings (SSSR count). The van der Waals surface area contributed by atoms with Crippen molar-refractivity contribution in [3.05, 3.63) is 54.5 Å². The van der Waals surface area contributed by atoms with Gasteiger partial charge in [-0.05, 0) is 29.8 Å². The van der Waals surface area contributed by atoms with E-state index in [0.29, 0.717) is 34.1 Å². The molecule has 0 saturated heterocycles. The number of hydrogen-bond acceptors (Lipinski definition) is 5. The fraction of sp³-hybridized carbons (Fsp3) is 0.190. The topological polar surface area (TPSA) is 94.5 Å². The van der Waals surface area contributed by atoms with Crippen molar-refractivity contribution in [2.24, 2.45) is 0 Å². The molecule has 2 heterocycles. The minimum Gasteiger partial charge on any atom is -0.493 e. The van der Waals surface area contributed by atoms with Crippen LogP contribution in [0.1, 0.15) is 12.5 Å². The largest absolute Gasteiger partial charge is 0.493 e. The van der Waals surface area contributed by atoms with E-state index in [1.165, 1.54) is 31.0 Å². The fourth-order valence-corrected chi connectivity index (χ4v) is 3.35. The number of rotatable bonds is 5. The number of carbonyl (C=O) groups excluding carboxylic acids is 2. The first-order valence-electron chi connectivity index (χ1n) is 9.16. The Kier molecular flexibility index (Phi) is 5.09. The Balaban J connectivity index is 1.62. The standard InChI is InChI=1S/C21H19FN4O4/c1-29-17-8-7-14(9-18(17)30-2)24-21(28)16-10-19(27)25-20-15(11-23-26(16)20)12-3-5-13(22)6-4-12/h3-9,11,16H,10H2,1-2H3,(H,24,28)(H,25,27)/t16-/m1/s1. The zero-order valence-electron chi connectivity index (χ0n) is 16.3. The molecule has 0 fully saturated rings. The predicted octanol–water partition coefficient (Wildman–Crippen LogP) is 3.23. The number of methoxy groups -OCH3 is 2. The van der Waals surface area contributed by atoms with Gasteiger partial charge < -0.3 is 20.1 Å². The second-order valence-corrected chi connectivity index (χ2v) is 6.69. The van der Waals surface area contributed by atoms with Crippen LogP contribution in [-0.4, -0.2) is 35.8 Å². The van der Waals surface area contributed by atoms with Crippen molar-refractivity contribution in [2.75, 3.05) is 24.9 Å². The number of hydrogen-bond donors (Lipinski definition) is 2. The zero-order valence-corrected chi connectivity index (χ0v) is 16.3. The Morgan fingerprint density at radius 2 is 1.90 bits per heavy atom. The van der Waals surface area contributed by atoms with Crippen LogP contribution >= 0.6 is 0 Å². The van der Waals surface area contributed by atoms with Crippen LogP contribution in [0.4, 0.5) is 15.9 Å². The van der Waals surface area contributed by atoms with Crippen molar-refractivity contribution in [1.29, 1.82) is 0 Å². The summed E-state index contributed by atoms with van der Waals surface area (Å²) in [6.07, 6.45) is 1.49. The van der Waals surface area contributed by atoms with Gasteiger partial charge in [-0.15, -0.1) is 0 Å². The maximum Gasteiger partial charge on any atom is 0.249 e. The number of benzene rings is 2. The van der Waals surface area contributed by atoms with E-state index in [0.717, 1.165) is 0 Å². The molecule has 30 heavy (non-hydrogen) atoms. The maximum absolute atomic E-state index is 13.2. The first-order chi connectivity index (χ1) is 14.5. The van der Waals surface area contributed by atoms with E-state index in [2.05, 4.69) is 15.7 Å². The van der Waals surface area contributed by atoms with Gasteiger partial charge in [0.1, 0.15) is 17.7 Å². The average Bonchev–Trinajstić information content (AvgIpc) is 3.17. The second kappa shape index (κ2) is 7.86. The van der Waals surface area contributed by atoms with E-state index >= 15 is 0 Å². The summed E-state index contributed by atoms with van der Waals surface area (Å²) in [5.41, 5.74) is 1.78. The highest BCUT2D eigenvalue weighted by Gasteiger charge is 2.33. The first-order valence-corrected chi connectivity index (χ1v) is 9.16. The fourth-order valence-electron chi connectivity index (χ4n) is 3.35. The van der Waals surface area contributed by atoms with Crippen LogP contribution in [0.5, 0.6) is 11.5 Å². The number of aromatic nitrogens is 2. The first kappa shape index (κ1) is 19.4. The molecule has 0 radical (unpaired) electrons. The van der Waals surface area contributed by atoms with Gasteiger partial charge in [0.05, 0.1) is 26.8 Å². The van der Waals surface area contributed by atoms with Crippen LogP contribution in [-0.2, 0) is 9.59 Å². The molecule has 2 N–H and O–H groups in total. The van der Waals surface area contributed by atoms with Gasteiger partial charge in [-0.25, -0.2) is 9.07 Å². The lowest BCUT2D eigenvalue weighted by molar-refractivity contribution is -0.125. The highest BCUT2D eigenvalue weighted by atomic mass is 19.1. The molecule has 1 aliphatic heterocycles. The monoisotopic (exact) mass is 410 g/mol. The van der Waals surface area contributed by atoms with Crippen LogP contribution in [0.2, 0.25) is 0 Å². The minimum atomic E-state index is -0.837.